The van der Waals surface area contributed by atoms with Crippen LogP contribution < -0.4 is 5.32 Å². The molecule has 0 radical (unpaired) electrons. The Labute approximate surface area is 149 Å². The number of nitrogens with one attached hydrogen (secondary N) is 1. The minimum atomic E-state index is 0.0594. The quantitative estimate of drug-likeness (QED) is 0.667. The van der Waals surface area contributed by atoms with Gasteiger partial charge in [0.15, 0.2) is 0 Å². The second kappa shape index (κ2) is 6.08. The fourth-order valence-corrected chi connectivity index (χ4v) is 3.07. The molecule has 1 aliphatic carbocycles. The summed E-state index contributed by atoms with van der Waals surface area (Å²) in [6.45, 7) is 0. The minimum Gasteiger partial charge on any atom is -0.310 e. The average molecular weight is 357 g/mol. The van der Waals surface area contributed by atoms with Crippen LogP contribution >= 0.6 is 23.2 Å². The van der Waals surface area contributed by atoms with E-state index in [2.05, 4.69) is 10.3 Å². The Balaban J connectivity index is 1.68. The van der Waals surface area contributed by atoms with E-state index < -0.39 is 0 Å². The molecule has 1 saturated carbocycles. The average Bonchev–Trinajstić information content (AvgIpc) is 3.42. The largest absolute Gasteiger partial charge is 0.310 e. The smallest absolute Gasteiger partial charge is 0.228 e. The number of benzene rings is 2. The molecule has 0 aliphatic heterocycles. The number of anilines is 1. The van der Waals surface area contributed by atoms with E-state index in [1.165, 1.54) is 0 Å². The molecule has 1 aromatic heterocycles. The predicted molar refractivity (Wildman–Crippen MR) is 98.6 cm³/mol. The van der Waals surface area contributed by atoms with Crippen LogP contribution in [0.3, 0.4) is 0 Å². The normalized spacial score (nSPS) is 13.9. The van der Waals surface area contributed by atoms with E-state index in [0.29, 0.717) is 15.9 Å². The Morgan fingerprint density at radius 3 is 2.67 bits per heavy atom. The van der Waals surface area contributed by atoms with Gasteiger partial charge in [0, 0.05) is 33.1 Å². The molecule has 0 atom stereocenters. The maximum absolute atomic E-state index is 11.8. The van der Waals surface area contributed by atoms with Gasteiger partial charge in [0.05, 0.1) is 0 Å². The molecule has 0 saturated heterocycles. The second-order valence-electron chi connectivity index (χ2n) is 6.02. The van der Waals surface area contributed by atoms with Crippen molar-refractivity contribution >= 4 is 45.7 Å². The summed E-state index contributed by atoms with van der Waals surface area (Å²) in [5, 5.41) is 6.16. The van der Waals surface area contributed by atoms with E-state index >= 15 is 0 Å². The Hall–Kier alpha value is -2.10. The topological polar surface area (TPSA) is 42.0 Å². The third kappa shape index (κ3) is 3.10. The van der Waals surface area contributed by atoms with Crippen molar-refractivity contribution in [2.24, 2.45) is 5.92 Å². The van der Waals surface area contributed by atoms with Gasteiger partial charge in [0.1, 0.15) is 5.82 Å². The van der Waals surface area contributed by atoms with Crippen LogP contribution in [-0.2, 0) is 4.79 Å². The lowest BCUT2D eigenvalue weighted by Crippen LogP contribution is -2.14. The summed E-state index contributed by atoms with van der Waals surface area (Å²) in [6, 6.07) is 13.3. The third-order valence-electron chi connectivity index (χ3n) is 4.16. The van der Waals surface area contributed by atoms with Gasteiger partial charge in [-0.1, -0.05) is 35.3 Å². The summed E-state index contributed by atoms with van der Waals surface area (Å²) in [6.07, 6.45) is 3.71. The number of pyridine rings is 1. The van der Waals surface area contributed by atoms with Crippen LogP contribution in [0.1, 0.15) is 12.8 Å². The summed E-state index contributed by atoms with van der Waals surface area (Å²) in [7, 11) is 0. The number of fused-ring (bicyclic) bond motifs is 1. The van der Waals surface area contributed by atoms with E-state index in [0.717, 1.165) is 34.7 Å². The van der Waals surface area contributed by atoms with E-state index in [1.54, 1.807) is 18.3 Å². The first-order valence-corrected chi connectivity index (χ1v) is 8.52. The van der Waals surface area contributed by atoms with Gasteiger partial charge in [-0.15, -0.1) is 0 Å². The molecule has 0 unspecified atom stereocenters. The summed E-state index contributed by atoms with van der Waals surface area (Å²) in [4.78, 5) is 16.2. The summed E-state index contributed by atoms with van der Waals surface area (Å²) in [5.74, 6) is 0.812. The van der Waals surface area contributed by atoms with Gasteiger partial charge in [-0.25, -0.2) is 4.98 Å². The van der Waals surface area contributed by atoms with Crippen molar-refractivity contribution in [1.29, 1.82) is 0 Å². The zero-order valence-corrected chi connectivity index (χ0v) is 14.2. The van der Waals surface area contributed by atoms with Crippen LogP contribution in [0.5, 0.6) is 0 Å². The van der Waals surface area contributed by atoms with Gasteiger partial charge in [0.2, 0.25) is 5.91 Å². The fraction of sp³-hybridized carbons (Fsp3) is 0.158. The van der Waals surface area contributed by atoms with Crippen LogP contribution in [-0.4, -0.2) is 10.9 Å². The first-order valence-electron chi connectivity index (χ1n) is 7.76. The molecular weight excluding hydrogens is 343 g/mol. The van der Waals surface area contributed by atoms with Crippen LogP contribution in [0.15, 0.2) is 48.7 Å². The number of carbonyl (C=O) groups excluding carboxylic acids is 1. The number of aromatic nitrogens is 1. The highest BCUT2D eigenvalue weighted by atomic mass is 35.5. The van der Waals surface area contributed by atoms with Gasteiger partial charge in [-0.3, -0.25) is 4.79 Å². The molecule has 3 aromatic rings. The van der Waals surface area contributed by atoms with Crippen LogP contribution in [0.2, 0.25) is 10.0 Å². The molecule has 1 N–H and O–H groups in total. The summed E-state index contributed by atoms with van der Waals surface area (Å²) >= 11 is 12.4. The molecule has 1 fully saturated rings. The molecule has 5 heteroatoms. The molecule has 120 valence electrons. The fourth-order valence-electron chi connectivity index (χ4n) is 2.67. The Kier molecular flexibility index (Phi) is 3.91. The lowest BCUT2D eigenvalue weighted by molar-refractivity contribution is -0.117. The lowest BCUT2D eigenvalue weighted by Gasteiger charge is -2.08. The van der Waals surface area contributed by atoms with Crippen molar-refractivity contribution in [3.05, 3.63) is 58.7 Å². The SMILES string of the molecule is O=C(Nc1cc2ccc(-c3cc(Cl)ccc3Cl)cc2cn1)C1CC1. The molecule has 0 spiro atoms. The number of halogens is 2. The maximum atomic E-state index is 11.8. The third-order valence-corrected chi connectivity index (χ3v) is 4.73. The number of nitrogens with zero attached hydrogens (tertiary/aromatic N) is 1. The van der Waals surface area contributed by atoms with Crippen LogP contribution in [0, 0.1) is 5.92 Å². The summed E-state index contributed by atoms with van der Waals surface area (Å²) < 4.78 is 0. The van der Waals surface area contributed by atoms with Crippen molar-refractivity contribution in [1.82, 2.24) is 4.98 Å². The molecule has 1 amide bonds. The van der Waals surface area contributed by atoms with Crippen LogP contribution in [0.4, 0.5) is 5.82 Å². The molecular formula is C19H14Cl2N2O. The zero-order chi connectivity index (χ0) is 16.7. The standard InChI is InChI=1S/C19H14Cl2N2O/c20-15-5-6-17(21)16(9-15)13-4-3-12-8-18(22-10-14(12)7-13)23-19(24)11-1-2-11/h3-11H,1-2H2,(H,22,23,24). The maximum Gasteiger partial charge on any atom is 0.228 e. The summed E-state index contributed by atoms with van der Waals surface area (Å²) in [5.41, 5.74) is 1.86. The van der Waals surface area contributed by atoms with Crippen LogP contribution in [0.25, 0.3) is 21.9 Å². The van der Waals surface area contributed by atoms with Crippen molar-refractivity contribution in [2.45, 2.75) is 12.8 Å². The zero-order valence-electron chi connectivity index (χ0n) is 12.7. The van der Waals surface area contributed by atoms with Gasteiger partial charge in [0.25, 0.3) is 0 Å². The predicted octanol–water partition coefficient (Wildman–Crippen LogP) is 5.56. The molecule has 0 bridgehead atoms. The highest BCUT2D eigenvalue weighted by Crippen LogP contribution is 2.33. The number of amides is 1. The minimum absolute atomic E-state index is 0.0594. The van der Waals surface area contributed by atoms with Gasteiger partial charge >= 0.3 is 0 Å². The Morgan fingerprint density at radius 1 is 1.04 bits per heavy atom. The van der Waals surface area contributed by atoms with E-state index in [4.69, 9.17) is 23.2 Å². The molecule has 1 aliphatic rings. The highest BCUT2D eigenvalue weighted by molar-refractivity contribution is 6.35. The number of carbonyl (C=O) groups is 1. The number of hydrogen-bond acceptors (Lipinski definition) is 2. The molecule has 1 heterocycles. The van der Waals surface area contributed by atoms with Gasteiger partial charge in [-0.05, 0) is 54.1 Å². The monoisotopic (exact) mass is 356 g/mol. The highest BCUT2D eigenvalue weighted by Gasteiger charge is 2.29. The van der Waals surface area contributed by atoms with Gasteiger partial charge in [-0.2, -0.15) is 0 Å². The molecule has 24 heavy (non-hydrogen) atoms. The van der Waals surface area contributed by atoms with E-state index in [-0.39, 0.29) is 11.8 Å². The van der Waals surface area contributed by atoms with Crippen molar-refractivity contribution in [2.75, 3.05) is 5.32 Å². The van der Waals surface area contributed by atoms with E-state index in [1.807, 2.05) is 30.3 Å². The lowest BCUT2D eigenvalue weighted by atomic mass is 10.0. The van der Waals surface area contributed by atoms with Crippen molar-refractivity contribution < 1.29 is 4.79 Å². The second-order valence-corrected chi connectivity index (χ2v) is 6.86. The molecule has 4 rings (SSSR count). The van der Waals surface area contributed by atoms with Crippen molar-refractivity contribution in [3.63, 3.8) is 0 Å². The first kappa shape index (κ1) is 15.4. The Bertz CT molecular complexity index is 951. The van der Waals surface area contributed by atoms with Crippen molar-refractivity contribution in [3.8, 4) is 11.1 Å². The van der Waals surface area contributed by atoms with Gasteiger partial charge < -0.3 is 5.32 Å². The number of hydrogen-bond donors (Lipinski definition) is 1. The molecule has 2 aromatic carbocycles. The Morgan fingerprint density at radius 2 is 1.88 bits per heavy atom. The first-order chi connectivity index (χ1) is 11.6. The van der Waals surface area contributed by atoms with E-state index in [9.17, 15) is 4.79 Å². The molecule has 3 nitrogen and oxygen atoms in total. The number of rotatable bonds is 3.